The maximum Gasteiger partial charge on any atom is 0.417 e. The molecule has 1 aliphatic heterocycles. The van der Waals surface area contributed by atoms with Crippen molar-refractivity contribution in [3.8, 4) is 61.3 Å². The monoisotopic (exact) mass is 932 g/mol. The van der Waals surface area contributed by atoms with Crippen molar-refractivity contribution in [3.63, 3.8) is 0 Å². The van der Waals surface area contributed by atoms with E-state index in [9.17, 15) is 26.3 Å². The topological polar surface area (TPSA) is 42.3 Å². The number of rotatable bonds is 7. The van der Waals surface area contributed by atoms with Crippen LogP contribution in [0.2, 0.25) is 0 Å². The maximum absolute atomic E-state index is 15.7. The van der Waals surface area contributed by atoms with Gasteiger partial charge >= 0.3 is 12.4 Å². The van der Waals surface area contributed by atoms with Crippen LogP contribution in [0.25, 0.3) is 83.1 Å². The van der Waals surface area contributed by atoms with Crippen molar-refractivity contribution in [2.24, 2.45) is 0 Å². The van der Waals surface area contributed by atoms with Gasteiger partial charge in [-0.25, -0.2) is 4.90 Å². The van der Waals surface area contributed by atoms with Gasteiger partial charge < -0.3 is 4.57 Å². The van der Waals surface area contributed by atoms with Gasteiger partial charge in [-0.2, -0.15) is 26.3 Å². The highest BCUT2D eigenvalue weighted by Crippen LogP contribution is 2.48. The molecule has 4 nitrogen and oxygen atoms in total. The first-order chi connectivity index (χ1) is 33.7. The number of benzene rings is 9. The largest absolute Gasteiger partial charge is 0.417 e. The number of alkyl halides is 6. The highest BCUT2D eigenvalue weighted by molar-refractivity contribution is 6.37. The summed E-state index contributed by atoms with van der Waals surface area (Å²) in [6, 6.07) is 55.9. The molecule has 0 saturated heterocycles. The standard InChI is InChI=1S/C60H38F6N2O2/c1-35-21-25-45(51(29-35)60(64,65)66)41-23-27-47-46-26-22-40(44-28-24-43(30-36(44)2)59(61,62)63)33-53(46)67(54(47)34-41)52-20-12-19-48-55(52)58(70)68(57(48)69)56-49(38-15-8-4-9-16-38)31-42(37-13-6-3-7-14-37)32-50(56)39-17-10-5-11-18-39/h3-34H,1-2H3. The molecule has 10 heteroatoms. The van der Waals surface area contributed by atoms with E-state index in [0.717, 1.165) is 40.5 Å². The van der Waals surface area contributed by atoms with Gasteiger partial charge in [0.15, 0.2) is 0 Å². The fourth-order valence-electron chi connectivity index (χ4n) is 9.93. The van der Waals surface area contributed by atoms with Gasteiger partial charge in [-0.1, -0.05) is 145 Å². The zero-order chi connectivity index (χ0) is 48.6. The summed E-state index contributed by atoms with van der Waals surface area (Å²) >= 11 is 0. The van der Waals surface area contributed by atoms with Crippen LogP contribution in [-0.2, 0) is 12.4 Å². The number of carbonyl (C=O) groups is 2. The summed E-state index contributed by atoms with van der Waals surface area (Å²) in [5.41, 5.74) is 6.90. The average Bonchev–Trinajstić information content (AvgIpc) is 3.82. The Morgan fingerprint density at radius 2 is 0.943 bits per heavy atom. The van der Waals surface area contributed by atoms with Crippen LogP contribution < -0.4 is 4.90 Å². The van der Waals surface area contributed by atoms with Crippen LogP contribution in [0.15, 0.2) is 194 Å². The summed E-state index contributed by atoms with van der Waals surface area (Å²) in [5, 5.41) is 1.30. The second kappa shape index (κ2) is 16.6. The molecule has 1 aromatic heterocycles. The first-order valence-corrected chi connectivity index (χ1v) is 22.5. The van der Waals surface area contributed by atoms with Crippen molar-refractivity contribution in [2.45, 2.75) is 26.2 Å². The van der Waals surface area contributed by atoms with E-state index < -0.39 is 35.3 Å². The molecule has 0 unspecified atom stereocenters. The Labute approximate surface area is 398 Å². The van der Waals surface area contributed by atoms with Crippen molar-refractivity contribution in [3.05, 3.63) is 228 Å². The molecule has 0 bridgehead atoms. The van der Waals surface area contributed by atoms with Gasteiger partial charge in [0, 0.05) is 21.9 Å². The van der Waals surface area contributed by atoms with E-state index in [1.807, 2.05) is 109 Å². The van der Waals surface area contributed by atoms with Crippen LogP contribution in [-0.4, -0.2) is 16.4 Å². The van der Waals surface area contributed by atoms with E-state index >= 15 is 9.59 Å². The molecular weight excluding hydrogens is 895 g/mol. The van der Waals surface area contributed by atoms with Crippen molar-refractivity contribution in [1.29, 1.82) is 0 Å². The summed E-state index contributed by atoms with van der Waals surface area (Å²) in [6.07, 6.45) is -9.23. The first-order valence-electron chi connectivity index (χ1n) is 22.5. The van der Waals surface area contributed by atoms with Gasteiger partial charge in [0.2, 0.25) is 0 Å². The van der Waals surface area contributed by atoms with Gasteiger partial charge in [-0.3, -0.25) is 9.59 Å². The van der Waals surface area contributed by atoms with Gasteiger partial charge in [0.25, 0.3) is 11.8 Å². The number of nitrogens with zero attached hydrogens (tertiary/aromatic N) is 2. The number of carbonyl (C=O) groups excluding carboxylic acids is 2. The minimum Gasteiger partial charge on any atom is -0.308 e. The molecular formula is C60H38F6N2O2. The summed E-state index contributed by atoms with van der Waals surface area (Å²) < 4.78 is 87.4. The predicted molar refractivity (Wildman–Crippen MR) is 265 cm³/mol. The Balaban J connectivity index is 1.17. The Bertz CT molecular complexity index is 3680. The Kier molecular flexibility index (Phi) is 10.5. The van der Waals surface area contributed by atoms with Crippen LogP contribution in [0.3, 0.4) is 0 Å². The number of imide groups is 1. The van der Waals surface area contributed by atoms with Gasteiger partial charge in [0.1, 0.15) is 0 Å². The summed E-state index contributed by atoms with van der Waals surface area (Å²) in [5.74, 6) is -1.18. The highest BCUT2D eigenvalue weighted by Gasteiger charge is 2.42. The Morgan fingerprint density at radius 3 is 1.49 bits per heavy atom. The van der Waals surface area contributed by atoms with E-state index in [2.05, 4.69) is 0 Å². The Hall–Kier alpha value is -8.50. The number of hydrogen-bond donors (Lipinski definition) is 0. The third-order valence-electron chi connectivity index (χ3n) is 13.2. The fraction of sp³-hybridized carbons (Fsp3) is 0.0667. The van der Waals surface area contributed by atoms with Crippen molar-refractivity contribution >= 4 is 39.3 Å². The van der Waals surface area contributed by atoms with Gasteiger partial charge in [-0.15, -0.1) is 0 Å². The number of aryl methyl sites for hydroxylation is 2. The number of fused-ring (bicyclic) bond motifs is 4. The second-order valence-electron chi connectivity index (χ2n) is 17.5. The number of halogens is 6. The molecule has 0 radical (unpaired) electrons. The maximum atomic E-state index is 15.7. The number of amides is 2. The van der Waals surface area contributed by atoms with Crippen LogP contribution in [0.5, 0.6) is 0 Å². The number of aromatic nitrogens is 1. The quantitative estimate of drug-likeness (QED) is 0.118. The van der Waals surface area contributed by atoms with Crippen LogP contribution in [0.4, 0.5) is 32.0 Å². The van der Waals surface area contributed by atoms with E-state index in [-0.39, 0.29) is 22.3 Å². The minimum atomic E-state index is -4.68. The molecule has 10 aromatic rings. The molecule has 2 heterocycles. The number of hydrogen-bond acceptors (Lipinski definition) is 2. The smallest absolute Gasteiger partial charge is 0.308 e. The van der Waals surface area contributed by atoms with Gasteiger partial charge in [0.05, 0.1) is 44.7 Å². The van der Waals surface area contributed by atoms with E-state index in [1.165, 1.54) is 17.0 Å². The molecule has 0 spiro atoms. The van der Waals surface area contributed by atoms with Crippen molar-refractivity contribution < 1.29 is 35.9 Å². The summed E-state index contributed by atoms with van der Waals surface area (Å²) in [6.45, 7) is 3.19. The molecule has 1 aliphatic rings. The minimum absolute atomic E-state index is 0.0468. The lowest BCUT2D eigenvalue weighted by Crippen LogP contribution is -2.30. The molecule has 0 saturated carbocycles. The zero-order valence-corrected chi connectivity index (χ0v) is 37.5. The number of anilines is 1. The SMILES string of the molecule is Cc1ccc(-c2ccc3c4ccc(-c5ccc(C(F)(F)F)cc5C)cc4n(-c4cccc5c4C(=O)N(c4c(-c6ccccc6)cc(-c6ccccc6)cc4-c4ccccc4)C5=O)c3c2)c(C(F)(F)F)c1. The fourth-order valence-corrected chi connectivity index (χ4v) is 9.93. The Morgan fingerprint density at radius 1 is 0.400 bits per heavy atom. The second-order valence-corrected chi connectivity index (χ2v) is 17.5. The molecule has 0 aliphatic carbocycles. The predicted octanol–water partition coefficient (Wildman–Crippen LogP) is 16.6. The summed E-state index contributed by atoms with van der Waals surface area (Å²) in [7, 11) is 0. The normalized spacial score (nSPS) is 12.9. The highest BCUT2D eigenvalue weighted by atomic mass is 19.4. The van der Waals surface area contributed by atoms with E-state index in [0.29, 0.717) is 66.6 Å². The van der Waals surface area contributed by atoms with Crippen LogP contribution in [0.1, 0.15) is 43.0 Å². The molecule has 2 amide bonds. The van der Waals surface area contributed by atoms with Crippen LogP contribution >= 0.6 is 0 Å². The average molecular weight is 933 g/mol. The lowest BCUT2D eigenvalue weighted by molar-refractivity contribution is -0.138. The van der Waals surface area contributed by atoms with Gasteiger partial charge in [-0.05, 0) is 119 Å². The molecule has 70 heavy (non-hydrogen) atoms. The third kappa shape index (κ3) is 7.43. The van der Waals surface area contributed by atoms with Crippen molar-refractivity contribution in [1.82, 2.24) is 4.57 Å². The van der Waals surface area contributed by atoms with E-state index in [1.54, 1.807) is 73.0 Å². The van der Waals surface area contributed by atoms with Crippen LogP contribution in [0, 0.1) is 13.8 Å². The first kappa shape index (κ1) is 44.0. The summed E-state index contributed by atoms with van der Waals surface area (Å²) in [4.78, 5) is 32.2. The lowest BCUT2D eigenvalue weighted by Gasteiger charge is -2.24. The molecule has 11 rings (SSSR count). The zero-order valence-electron chi connectivity index (χ0n) is 37.5. The molecule has 342 valence electrons. The molecule has 0 fully saturated rings. The van der Waals surface area contributed by atoms with E-state index in [4.69, 9.17) is 0 Å². The lowest BCUT2D eigenvalue weighted by atomic mass is 9.90. The molecule has 0 atom stereocenters. The molecule has 0 N–H and O–H groups in total. The van der Waals surface area contributed by atoms with Crippen molar-refractivity contribution in [2.75, 3.05) is 4.90 Å². The third-order valence-corrected chi connectivity index (χ3v) is 13.2. The molecule has 9 aromatic carbocycles.